The number of nitrogens with zero attached hydrogens (tertiary/aromatic N) is 1. The number of allylic oxidation sites excluding steroid dienone is 1. The Labute approximate surface area is 414 Å². The third-order valence-electron chi connectivity index (χ3n) is 9.04. The summed E-state index contributed by atoms with van der Waals surface area (Å²) in [4.78, 5) is 9.98. The third-order valence-corrected chi connectivity index (χ3v) is 9.23. The van der Waals surface area contributed by atoms with Crippen molar-refractivity contribution in [3.05, 3.63) is 88.0 Å². The predicted octanol–water partition coefficient (Wildman–Crippen LogP) is 22.1. The van der Waals surface area contributed by atoms with E-state index in [2.05, 4.69) is 211 Å². The Morgan fingerprint density at radius 2 is 0.892 bits per heavy atom. The summed E-state index contributed by atoms with van der Waals surface area (Å²) in [7, 11) is 0. The van der Waals surface area contributed by atoms with Crippen LogP contribution in [0.1, 0.15) is 250 Å². The van der Waals surface area contributed by atoms with Crippen LogP contribution in [0.15, 0.2) is 61.2 Å². The van der Waals surface area contributed by atoms with Gasteiger partial charge in [-0.2, -0.15) is 0 Å². The average molecular weight is 939 g/mol. The second kappa shape index (κ2) is 35.9. The smallest absolute Gasteiger partial charge is 0.258 e. The van der Waals surface area contributed by atoms with E-state index >= 15 is 0 Å². The molecule has 65 heavy (non-hydrogen) atoms. The molecule has 0 radical (unpaired) electrons. The Kier molecular flexibility index (Phi) is 42.5. The Morgan fingerprint density at radius 3 is 1.00 bits per heavy atom. The van der Waals surface area contributed by atoms with Crippen LogP contribution in [0, 0.1) is 55.4 Å². The summed E-state index contributed by atoms with van der Waals surface area (Å²) in [6, 6.07) is 15.4. The molecule has 0 heterocycles. The number of alkyl halides is 2. The first-order chi connectivity index (χ1) is 28.1. The number of nitro benzene ring substituents is 1. The lowest BCUT2D eigenvalue weighted by atomic mass is 9.84. The lowest BCUT2D eigenvalue weighted by Gasteiger charge is -2.22. The SMILES string of the molecule is C.C=CCC(C)(C)C.CC(C)(C)C.CC(C)(C)CCCl.CC(C)(C)CCF.CC(C)(C)c1ccc([N+](=O)[O-])cc1.CC(C)C(C)(C)C.CCCC(C)(C)C.Cc1ccc(C(C)(C)C)cc1. The average Bonchev–Trinajstić information content (AvgIpc) is 3.02. The zero-order valence-electron chi connectivity index (χ0n) is 48.4. The van der Waals surface area contributed by atoms with Gasteiger partial charge in [0.05, 0.1) is 11.6 Å². The number of hydrogen-bond acceptors (Lipinski definition) is 2. The van der Waals surface area contributed by atoms with Gasteiger partial charge in [-0.1, -0.05) is 256 Å². The molecule has 0 aliphatic carbocycles. The first-order valence-corrected chi connectivity index (χ1v) is 24.7. The molecule has 0 N–H and O–H groups in total. The largest absolute Gasteiger partial charge is 0.269 e. The summed E-state index contributed by atoms with van der Waals surface area (Å²) in [5, 5.41) is 10.4. The first kappa shape index (κ1) is 77.0. The summed E-state index contributed by atoms with van der Waals surface area (Å²) in [6.07, 6.45) is 7.49. The maximum Gasteiger partial charge on any atom is 0.269 e. The molecule has 2 aromatic rings. The lowest BCUT2D eigenvalue weighted by Crippen LogP contribution is -2.12. The second-order valence-electron chi connectivity index (χ2n) is 27.1. The number of benzene rings is 2. The number of nitro groups is 1. The lowest BCUT2D eigenvalue weighted by molar-refractivity contribution is -0.384. The van der Waals surface area contributed by atoms with Gasteiger partial charge in [-0.05, 0) is 93.0 Å². The number of aryl methyl sites for hydroxylation is 1. The molecule has 0 bridgehead atoms. The molecule has 5 heteroatoms. The molecule has 388 valence electrons. The highest BCUT2D eigenvalue weighted by Gasteiger charge is 2.16. The zero-order valence-corrected chi connectivity index (χ0v) is 49.2. The molecule has 0 saturated heterocycles. The van der Waals surface area contributed by atoms with Gasteiger partial charge >= 0.3 is 0 Å². The van der Waals surface area contributed by atoms with Gasteiger partial charge in [0.15, 0.2) is 0 Å². The van der Waals surface area contributed by atoms with E-state index < -0.39 is 0 Å². The van der Waals surface area contributed by atoms with Crippen molar-refractivity contribution in [2.75, 3.05) is 12.6 Å². The molecule has 0 aliphatic rings. The van der Waals surface area contributed by atoms with Gasteiger partial charge in [0.1, 0.15) is 0 Å². The van der Waals surface area contributed by atoms with Gasteiger partial charge in [-0.25, -0.2) is 0 Å². The molecule has 0 aliphatic heterocycles. The highest BCUT2D eigenvalue weighted by molar-refractivity contribution is 6.17. The Morgan fingerprint density at radius 1 is 0.600 bits per heavy atom. The minimum absolute atomic E-state index is 0. The predicted molar refractivity (Wildman–Crippen MR) is 301 cm³/mol. The normalized spacial score (nSPS) is 11.6. The van der Waals surface area contributed by atoms with Crippen molar-refractivity contribution >= 4 is 17.3 Å². The fourth-order valence-corrected chi connectivity index (χ4v) is 4.45. The van der Waals surface area contributed by atoms with Crippen molar-refractivity contribution < 1.29 is 9.31 Å². The van der Waals surface area contributed by atoms with Crippen LogP contribution in [-0.4, -0.2) is 17.5 Å². The second-order valence-corrected chi connectivity index (χ2v) is 27.4. The Balaban J connectivity index is -0.000000120. The molecule has 0 amide bonds. The van der Waals surface area contributed by atoms with Crippen molar-refractivity contribution in [2.45, 2.75) is 251 Å². The van der Waals surface area contributed by atoms with Gasteiger partial charge < -0.3 is 0 Å². The van der Waals surface area contributed by atoms with Gasteiger partial charge in [0.2, 0.25) is 0 Å². The highest BCUT2D eigenvalue weighted by Crippen LogP contribution is 2.26. The molecular weight excluding hydrogens is 821 g/mol. The monoisotopic (exact) mass is 938 g/mol. The maximum atomic E-state index is 11.5. The van der Waals surface area contributed by atoms with E-state index in [1.54, 1.807) is 24.3 Å². The molecule has 0 aromatic heterocycles. The van der Waals surface area contributed by atoms with E-state index in [1.165, 1.54) is 24.0 Å². The van der Waals surface area contributed by atoms with E-state index in [1.807, 2.05) is 26.8 Å². The molecule has 0 atom stereocenters. The third kappa shape index (κ3) is 71.0. The number of non-ortho nitro benzene ring substituents is 1. The number of hydrogen-bond donors (Lipinski definition) is 0. The van der Waals surface area contributed by atoms with Gasteiger partial charge in [0, 0.05) is 18.0 Å². The van der Waals surface area contributed by atoms with Gasteiger partial charge in [-0.15, -0.1) is 18.2 Å². The number of rotatable bonds is 5. The maximum absolute atomic E-state index is 11.5. The summed E-state index contributed by atoms with van der Waals surface area (Å²) in [6.45, 7) is 66.9. The fraction of sp³-hybridized carbons (Fsp3) is 0.767. The van der Waals surface area contributed by atoms with Crippen LogP contribution in [0.3, 0.4) is 0 Å². The summed E-state index contributed by atoms with van der Waals surface area (Å²) in [5.41, 5.74) is 6.91. The standard InChI is InChI=1S/C11H16.C10H13NO2.2C7H16.C7H14.C6H13Cl.C6H13F.C5H12.CH4/c1-9-5-7-10(8-6-9)11(2,3)4;1-10(2,3)8-4-6-9(7-5-8)11(12)13;1-6(2)7(3,4)5;2*1-5-6-7(2,3)4;2*1-6(2,3)4-5-7;1-5(2,3)4;/h5-8H,1-4H3;4-7H,1-3H3;6H,1-5H3;5-6H2,1-4H3;5H,1,6H2,2-4H3;2*4-5H2,1-3H3;1-4H3;1H4. The van der Waals surface area contributed by atoms with Crippen LogP contribution in [0.5, 0.6) is 0 Å². The van der Waals surface area contributed by atoms with E-state index in [-0.39, 0.29) is 41.0 Å². The molecule has 0 saturated carbocycles. The van der Waals surface area contributed by atoms with Crippen LogP contribution >= 0.6 is 11.6 Å². The quantitative estimate of drug-likeness (QED) is 0.130. The van der Waals surface area contributed by atoms with Gasteiger partial charge in [0.25, 0.3) is 5.69 Å². The highest BCUT2D eigenvalue weighted by atomic mass is 35.5. The minimum Gasteiger partial charge on any atom is -0.258 e. The van der Waals surface area contributed by atoms with Crippen molar-refractivity contribution in [2.24, 2.45) is 38.4 Å². The Hall–Kier alpha value is -2.20. The summed E-state index contributed by atoms with van der Waals surface area (Å²) in [5.74, 6) is 1.58. The molecule has 2 aromatic carbocycles. The summed E-state index contributed by atoms with van der Waals surface area (Å²) >= 11 is 5.49. The van der Waals surface area contributed by atoms with Gasteiger partial charge in [-0.3, -0.25) is 14.5 Å². The topological polar surface area (TPSA) is 43.1 Å². The van der Waals surface area contributed by atoms with E-state index in [4.69, 9.17) is 11.6 Å². The number of halogens is 2. The first-order valence-electron chi connectivity index (χ1n) is 24.1. The van der Waals surface area contributed by atoms with Crippen LogP contribution in [0.2, 0.25) is 0 Å². The zero-order chi connectivity index (χ0) is 52.8. The molecule has 0 spiro atoms. The van der Waals surface area contributed by atoms with Crippen molar-refractivity contribution in [3.8, 4) is 0 Å². The molecular formula is C60H117ClFNO2. The van der Waals surface area contributed by atoms with E-state index in [0.717, 1.165) is 30.2 Å². The molecule has 3 nitrogen and oxygen atoms in total. The van der Waals surface area contributed by atoms with Crippen molar-refractivity contribution in [1.82, 2.24) is 0 Å². The van der Waals surface area contributed by atoms with Crippen LogP contribution in [0.4, 0.5) is 10.1 Å². The van der Waals surface area contributed by atoms with Crippen molar-refractivity contribution in [1.29, 1.82) is 0 Å². The van der Waals surface area contributed by atoms with Crippen LogP contribution < -0.4 is 0 Å². The van der Waals surface area contributed by atoms with Crippen LogP contribution in [0.25, 0.3) is 0 Å². The van der Waals surface area contributed by atoms with E-state index in [9.17, 15) is 14.5 Å². The minimum atomic E-state index is -0.383. The fourth-order valence-electron chi connectivity index (χ4n) is 3.89. The molecule has 0 unspecified atom stereocenters. The van der Waals surface area contributed by atoms with E-state index in [0.29, 0.717) is 33.5 Å². The van der Waals surface area contributed by atoms with Crippen LogP contribution in [-0.2, 0) is 10.8 Å². The molecule has 2 rings (SSSR count). The van der Waals surface area contributed by atoms with Crippen molar-refractivity contribution in [3.63, 3.8) is 0 Å². The Bertz CT molecular complexity index is 1340. The molecule has 0 fully saturated rings. The summed E-state index contributed by atoms with van der Waals surface area (Å²) < 4.78 is 11.5.